The number of piperidine rings is 1. The van der Waals surface area contributed by atoms with E-state index in [9.17, 15) is 14.4 Å². The van der Waals surface area contributed by atoms with Gasteiger partial charge in [-0.05, 0) is 36.5 Å². The van der Waals surface area contributed by atoms with Crippen molar-refractivity contribution in [1.29, 1.82) is 0 Å². The number of nitrogens with zero attached hydrogens (tertiary/aromatic N) is 4. The van der Waals surface area contributed by atoms with Gasteiger partial charge in [0, 0.05) is 72.5 Å². The van der Waals surface area contributed by atoms with Crippen LogP contribution in [0.15, 0.2) is 53.5 Å². The molecule has 0 aliphatic carbocycles. The first-order valence-corrected chi connectivity index (χ1v) is 12.8. The molecule has 1 aromatic carbocycles. The van der Waals surface area contributed by atoms with E-state index in [0.717, 1.165) is 40.1 Å². The van der Waals surface area contributed by atoms with Crippen molar-refractivity contribution in [3.05, 3.63) is 76.0 Å². The SMILES string of the molecule is O=C(NCCc1c[nH]c2ccccc12)c1nnsc1NC(=O)N1C[C@@H]2C[C@@H](C1)c1cccc(=O)n1C2. The number of urea groups is 1. The van der Waals surface area contributed by atoms with E-state index in [-0.39, 0.29) is 35.0 Å². The third-order valence-corrected chi connectivity index (χ3v) is 7.69. The molecule has 5 heterocycles. The number of aromatic amines is 1. The number of aromatic nitrogens is 4. The van der Waals surface area contributed by atoms with Crippen molar-refractivity contribution in [2.75, 3.05) is 25.0 Å². The van der Waals surface area contributed by atoms with Gasteiger partial charge in [-0.1, -0.05) is 28.8 Å². The summed E-state index contributed by atoms with van der Waals surface area (Å²) < 4.78 is 5.72. The van der Waals surface area contributed by atoms with E-state index in [1.807, 2.05) is 41.1 Å². The minimum atomic E-state index is -0.372. The number of hydrogen-bond donors (Lipinski definition) is 3. The molecule has 3 N–H and O–H groups in total. The number of nitrogens with one attached hydrogen (secondary N) is 3. The van der Waals surface area contributed by atoms with E-state index in [2.05, 4.69) is 25.2 Å². The summed E-state index contributed by atoms with van der Waals surface area (Å²) in [4.78, 5) is 43.1. The number of amides is 3. The highest BCUT2D eigenvalue weighted by Gasteiger charge is 2.36. The van der Waals surface area contributed by atoms with Gasteiger partial charge >= 0.3 is 6.03 Å². The lowest BCUT2D eigenvalue weighted by molar-refractivity contribution is 0.0950. The molecule has 184 valence electrons. The van der Waals surface area contributed by atoms with Crippen molar-refractivity contribution in [2.45, 2.75) is 25.3 Å². The average molecular weight is 504 g/mol. The summed E-state index contributed by atoms with van der Waals surface area (Å²) in [6, 6.07) is 13.1. The van der Waals surface area contributed by atoms with E-state index >= 15 is 0 Å². The maximum atomic E-state index is 13.1. The Morgan fingerprint density at radius 1 is 1.11 bits per heavy atom. The summed E-state index contributed by atoms with van der Waals surface area (Å²) in [5, 5.41) is 11.1. The molecule has 0 radical (unpaired) electrons. The molecule has 2 aliphatic rings. The number of rotatable bonds is 5. The number of H-pyrrole nitrogens is 1. The van der Waals surface area contributed by atoms with Gasteiger partial charge in [-0.3, -0.25) is 14.9 Å². The zero-order chi connectivity index (χ0) is 24.6. The lowest BCUT2D eigenvalue weighted by atomic mass is 9.83. The second-order valence-corrected chi connectivity index (χ2v) is 10.1. The monoisotopic (exact) mass is 503 g/mol. The van der Waals surface area contributed by atoms with E-state index in [0.29, 0.717) is 37.6 Å². The molecule has 36 heavy (non-hydrogen) atoms. The van der Waals surface area contributed by atoms with Gasteiger partial charge in [0.1, 0.15) is 0 Å². The number of carbonyl (C=O) groups excluding carboxylic acids is 2. The molecule has 10 nitrogen and oxygen atoms in total. The Morgan fingerprint density at radius 2 is 2.00 bits per heavy atom. The highest BCUT2D eigenvalue weighted by Crippen LogP contribution is 2.35. The number of hydrogen-bond acceptors (Lipinski definition) is 6. The molecule has 3 aromatic heterocycles. The topological polar surface area (TPSA) is 125 Å². The minimum absolute atomic E-state index is 0.0104. The predicted molar refractivity (Wildman–Crippen MR) is 136 cm³/mol. The summed E-state index contributed by atoms with van der Waals surface area (Å²) in [5.41, 5.74) is 3.28. The lowest BCUT2D eigenvalue weighted by Crippen LogP contribution is -2.50. The van der Waals surface area contributed by atoms with Crippen LogP contribution in [0.2, 0.25) is 0 Å². The molecule has 0 saturated carbocycles. The van der Waals surface area contributed by atoms with Gasteiger partial charge in [0.25, 0.3) is 11.5 Å². The van der Waals surface area contributed by atoms with Gasteiger partial charge in [-0.2, -0.15) is 0 Å². The molecule has 3 amide bonds. The van der Waals surface area contributed by atoms with E-state index in [4.69, 9.17) is 0 Å². The molecule has 1 fully saturated rings. The van der Waals surface area contributed by atoms with Crippen LogP contribution in [0.3, 0.4) is 0 Å². The maximum Gasteiger partial charge on any atom is 0.322 e. The van der Waals surface area contributed by atoms with Crippen molar-refractivity contribution in [3.8, 4) is 0 Å². The van der Waals surface area contributed by atoms with Crippen LogP contribution in [0.4, 0.5) is 9.80 Å². The van der Waals surface area contributed by atoms with Gasteiger partial charge < -0.3 is 19.8 Å². The smallest absolute Gasteiger partial charge is 0.322 e. The summed E-state index contributed by atoms with van der Waals surface area (Å²) in [7, 11) is 0. The molecule has 1 saturated heterocycles. The minimum Gasteiger partial charge on any atom is -0.361 e. The Bertz CT molecular complexity index is 1510. The highest BCUT2D eigenvalue weighted by atomic mass is 32.1. The first kappa shape index (κ1) is 22.5. The average Bonchev–Trinajstić information content (AvgIpc) is 3.52. The van der Waals surface area contributed by atoms with Crippen molar-refractivity contribution in [2.24, 2.45) is 5.92 Å². The van der Waals surface area contributed by atoms with Gasteiger partial charge in [0.05, 0.1) is 0 Å². The normalized spacial score (nSPS) is 18.6. The molecule has 2 atom stereocenters. The third-order valence-electron chi connectivity index (χ3n) is 7.05. The van der Waals surface area contributed by atoms with Gasteiger partial charge in [-0.15, -0.1) is 5.10 Å². The molecule has 0 spiro atoms. The van der Waals surface area contributed by atoms with Gasteiger partial charge in [0.15, 0.2) is 10.7 Å². The van der Waals surface area contributed by atoms with Crippen LogP contribution < -0.4 is 16.2 Å². The number of benzene rings is 1. The van der Waals surface area contributed by atoms with Crippen LogP contribution in [-0.2, 0) is 13.0 Å². The highest BCUT2D eigenvalue weighted by molar-refractivity contribution is 7.10. The van der Waals surface area contributed by atoms with Crippen LogP contribution in [0.5, 0.6) is 0 Å². The second-order valence-electron chi connectivity index (χ2n) is 9.35. The van der Waals surface area contributed by atoms with Crippen molar-refractivity contribution < 1.29 is 9.59 Å². The van der Waals surface area contributed by atoms with Crippen LogP contribution >= 0.6 is 11.5 Å². The first-order chi connectivity index (χ1) is 17.6. The lowest BCUT2D eigenvalue weighted by Gasteiger charge is -2.42. The van der Waals surface area contributed by atoms with E-state index in [1.54, 1.807) is 17.0 Å². The summed E-state index contributed by atoms with van der Waals surface area (Å²) >= 11 is 0.984. The fourth-order valence-corrected chi connectivity index (χ4v) is 5.95. The van der Waals surface area contributed by atoms with Crippen molar-refractivity contribution >= 4 is 39.4 Å². The number of fused-ring (bicyclic) bond motifs is 5. The number of carbonyl (C=O) groups is 2. The Kier molecular flexibility index (Phi) is 5.76. The predicted octanol–water partition coefficient (Wildman–Crippen LogP) is 2.80. The van der Waals surface area contributed by atoms with E-state index in [1.165, 1.54) is 0 Å². The van der Waals surface area contributed by atoms with Gasteiger partial charge in [-0.25, -0.2) is 4.79 Å². The number of pyridine rings is 1. The van der Waals surface area contributed by atoms with Crippen LogP contribution in [0.1, 0.15) is 34.1 Å². The van der Waals surface area contributed by atoms with Gasteiger partial charge in [0.2, 0.25) is 0 Å². The fourth-order valence-electron chi connectivity index (χ4n) is 5.39. The Balaban J connectivity index is 1.08. The zero-order valence-electron chi connectivity index (χ0n) is 19.4. The maximum absolute atomic E-state index is 13.1. The molecule has 2 bridgehead atoms. The quantitative estimate of drug-likeness (QED) is 0.386. The fraction of sp³-hybridized carbons (Fsp3) is 0.320. The molecular formula is C25H25N7O3S. The molecule has 0 unspecified atom stereocenters. The molecule has 4 aromatic rings. The summed E-state index contributed by atoms with van der Waals surface area (Å²) in [6.07, 6.45) is 3.57. The molecular weight excluding hydrogens is 478 g/mol. The standard InChI is InChI=1S/C25H25N7O3S/c33-21-7-3-6-20-17-10-15(13-32(20)21)12-31(14-17)25(35)28-24-22(29-30-36-24)23(34)26-9-8-16-11-27-19-5-2-1-4-18(16)19/h1-7,11,15,17,27H,8-10,12-14H2,(H,26,34)(H,28,35)/t15-,17-/m0/s1. The summed E-state index contributed by atoms with van der Waals surface area (Å²) in [5.74, 6) is -0.0410. The summed E-state index contributed by atoms with van der Waals surface area (Å²) in [6.45, 7) is 2.12. The van der Waals surface area contributed by atoms with Crippen molar-refractivity contribution in [3.63, 3.8) is 0 Å². The number of likely N-dealkylation sites (tertiary alicyclic amines) is 1. The van der Waals surface area contributed by atoms with Crippen LogP contribution in [0.25, 0.3) is 10.9 Å². The Hall–Kier alpha value is -3.99. The van der Waals surface area contributed by atoms with E-state index < -0.39 is 0 Å². The second kappa shape index (κ2) is 9.23. The number of para-hydroxylation sites is 1. The Morgan fingerprint density at radius 3 is 2.92 bits per heavy atom. The van der Waals surface area contributed by atoms with Crippen molar-refractivity contribution in [1.82, 2.24) is 29.4 Å². The largest absolute Gasteiger partial charge is 0.361 e. The van der Waals surface area contributed by atoms with Crippen LogP contribution in [-0.4, -0.2) is 55.6 Å². The molecule has 11 heteroatoms. The third kappa shape index (κ3) is 4.15. The van der Waals surface area contributed by atoms with Crippen LogP contribution in [0, 0.1) is 5.92 Å². The zero-order valence-corrected chi connectivity index (χ0v) is 20.3. The Labute approximate surface area is 210 Å². The molecule has 6 rings (SSSR count). The first-order valence-electron chi connectivity index (χ1n) is 12.0. The number of anilines is 1. The molecule has 2 aliphatic heterocycles.